The number of alkyl halides is 3. The number of aromatic nitrogens is 2. The Morgan fingerprint density at radius 1 is 1.11 bits per heavy atom. The summed E-state index contributed by atoms with van der Waals surface area (Å²) in [6.07, 6.45) is -1.14. The van der Waals surface area contributed by atoms with Gasteiger partial charge < -0.3 is 14.2 Å². The first-order valence-electron chi connectivity index (χ1n) is 11.1. The molecule has 4 rings (SSSR count). The summed E-state index contributed by atoms with van der Waals surface area (Å²) in [4.78, 5) is 20.8. The maximum absolute atomic E-state index is 13.0. The van der Waals surface area contributed by atoms with Crippen LogP contribution >= 0.6 is 0 Å². The average molecular weight is 486 g/mol. The monoisotopic (exact) mass is 486 g/mol. The Kier molecular flexibility index (Phi) is 7.20. The fourth-order valence-corrected chi connectivity index (χ4v) is 3.86. The molecule has 0 saturated carbocycles. The van der Waals surface area contributed by atoms with E-state index in [1.54, 1.807) is 24.2 Å². The summed E-state index contributed by atoms with van der Waals surface area (Å²) in [5.41, 5.74) is 0.342. The van der Waals surface area contributed by atoms with Gasteiger partial charge >= 0.3 is 6.18 Å². The number of rotatable bonds is 6. The van der Waals surface area contributed by atoms with Crippen LogP contribution in [0.1, 0.15) is 30.0 Å². The van der Waals surface area contributed by atoms with Crippen molar-refractivity contribution in [2.75, 3.05) is 33.3 Å². The first kappa shape index (κ1) is 24.5. The predicted molar refractivity (Wildman–Crippen MR) is 123 cm³/mol. The lowest BCUT2D eigenvalue weighted by Crippen LogP contribution is -2.48. The smallest absolute Gasteiger partial charge is 0.416 e. The number of nitrogens with zero attached hydrogens (tertiary/aromatic N) is 4. The second-order valence-electron chi connectivity index (χ2n) is 8.18. The molecule has 1 aliphatic heterocycles. The van der Waals surface area contributed by atoms with Crippen molar-refractivity contribution in [3.63, 3.8) is 0 Å². The highest BCUT2D eigenvalue weighted by Crippen LogP contribution is 2.32. The fraction of sp³-hybridized carbons (Fsp3) is 0.320. The lowest BCUT2D eigenvalue weighted by Gasteiger charge is -2.36. The van der Waals surface area contributed by atoms with Crippen LogP contribution in [0, 0.1) is 0 Å². The number of methoxy groups -OCH3 is 1. The van der Waals surface area contributed by atoms with Gasteiger partial charge in [0.25, 0.3) is 0 Å². The molecule has 10 heteroatoms. The van der Waals surface area contributed by atoms with Crippen molar-refractivity contribution in [3.05, 3.63) is 71.6 Å². The van der Waals surface area contributed by atoms with Crippen LogP contribution in [-0.2, 0) is 11.0 Å². The molecule has 1 amide bonds. The molecule has 35 heavy (non-hydrogen) atoms. The number of carbonyl (C=O) groups is 1. The van der Waals surface area contributed by atoms with E-state index >= 15 is 0 Å². The Labute approximate surface area is 200 Å². The van der Waals surface area contributed by atoms with Crippen LogP contribution < -0.4 is 4.74 Å². The van der Waals surface area contributed by atoms with E-state index in [0.717, 1.165) is 23.4 Å². The lowest BCUT2D eigenvalue weighted by molar-refractivity contribution is -0.137. The molecule has 0 spiro atoms. The molecule has 1 unspecified atom stereocenters. The first-order valence-corrected chi connectivity index (χ1v) is 11.1. The highest BCUT2D eigenvalue weighted by Gasteiger charge is 2.31. The normalized spacial score (nSPS) is 16.0. The van der Waals surface area contributed by atoms with Gasteiger partial charge in [-0.25, -0.2) is 0 Å². The van der Waals surface area contributed by atoms with Crippen molar-refractivity contribution in [3.8, 4) is 17.1 Å². The van der Waals surface area contributed by atoms with E-state index < -0.39 is 11.7 Å². The standard InChI is InChI=1S/C25H25F3N4O3/c1-17(24-29-23(30-35-24)19-6-4-7-20(16-19)25(26,27)28)31-11-13-32(14-12-31)22(33)10-9-18-5-3-8-21(15-18)34-2/h3-10,15-17H,11-14H2,1-2H3/b10-9+. The predicted octanol–water partition coefficient (Wildman–Crippen LogP) is 4.68. The van der Waals surface area contributed by atoms with Gasteiger partial charge in [-0.1, -0.05) is 29.4 Å². The summed E-state index contributed by atoms with van der Waals surface area (Å²) < 4.78 is 49.6. The zero-order chi connectivity index (χ0) is 25.0. The highest BCUT2D eigenvalue weighted by atomic mass is 19.4. The number of halogens is 3. The third-order valence-corrected chi connectivity index (χ3v) is 5.93. The largest absolute Gasteiger partial charge is 0.497 e. The summed E-state index contributed by atoms with van der Waals surface area (Å²) in [6.45, 7) is 4.15. The van der Waals surface area contributed by atoms with Gasteiger partial charge in [0.1, 0.15) is 5.75 Å². The third kappa shape index (κ3) is 5.89. The van der Waals surface area contributed by atoms with E-state index in [9.17, 15) is 18.0 Å². The Hall–Kier alpha value is -3.66. The summed E-state index contributed by atoms with van der Waals surface area (Å²) in [7, 11) is 1.59. The number of benzene rings is 2. The van der Waals surface area contributed by atoms with Gasteiger partial charge in [0, 0.05) is 37.8 Å². The van der Waals surface area contributed by atoms with Crippen LogP contribution in [-0.4, -0.2) is 59.1 Å². The van der Waals surface area contributed by atoms with Gasteiger partial charge in [-0.05, 0) is 42.8 Å². The zero-order valence-electron chi connectivity index (χ0n) is 19.3. The molecule has 0 N–H and O–H groups in total. The summed E-state index contributed by atoms with van der Waals surface area (Å²) in [5, 5.41) is 3.87. The number of hydrogen-bond acceptors (Lipinski definition) is 6. The van der Waals surface area contributed by atoms with Crippen LogP contribution in [0.25, 0.3) is 17.5 Å². The van der Waals surface area contributed by atoms with Gasteiger partial charge in [0.05, 0.1) is 18.7 Å². The summed E-state index contributed by atoms with van der Waals surface area (Å²) >= 11 is 0. The van der Waals surface area contributed by atoms with Crippen molar-refractivity contribution < 1.29 is 27.2 Å². The minimum Gasteiger partial charge on any atom is -0.497 e. The quantitative estimate of drug-likeness (QED) is 0.471. The molecule has 0 radical (unpaired) electrons. The van der Waals surface area contributed by atoms with Crippen LogP contribution in [0.15, 0.2) is 59.1 Å². The lowest BCUT2D eigenvalue weighted by atomic mass is 10.1. The van der Waals surface area contributed by atoms with Crippen LogP contribution in [0.3, 0.4) is 0 Å². The number of hydrogen-bond donors (Lipinski definition) is 0. The minimum atomic E-state index is -4.45. The maximum Gasteiger partial charge on any atom is 0.416 e. The molecule has 1 fully saturated rings. The van der Waals surface area contributed by atoms with E-state index in [1.807, 2.05) is 31.2 Å². The highest BCUT2D eigenvalue weighted by molar-refractivity contribution is 5.91. The van der Waals surface area contributed by atoms with Crippen molar-refractivity contribution in [2.24, 2.45) is 0 Å². The SMILES string of the molecule is COc1cccc(/C=C/C(=O)N2CCN(C(C)c3nc(-c4cccc(C(F)(F)F)c4)no3)CC2)c1. The molecule has 1 atom stereocenters. The molecule has 1 saturated heterocycles. The van der Waals surface area contributed by atoms with Gasteiger partial charge in [0.2, 0.25) is 17.6 Å². The number of piperazine rings is 1. The van der Waals surface area contributed by atoms with Crippen molar-refractivity contribution >= 4 is 12.0 Å². The molecule has 7 nitrogen and oxygen atoms in total. The molecule has 1 aliphatic rings. The Bertz CT molecular complexity index is 1200. The molecule has 2 heterocycles. The van der Waals surface area contributed by atoms with Crippen molar-refractivity contribution in [2.45, 2.75) is 19.1 Å². The van der Waals surface area contributed by atoms with Gasteiger partial charge in [-0.3, -0.25) is 9.69 Å². The molecule has 0 aliphatic carbocycles. The Morgan fingerprint density at radius 3 is 2.57 bits per heavy atom. The summed E-state index contributed by atoms with van der Waals surface area (Å²) in [6, 6.07) is 12.0. The van der Waals surface area contributed by atoms with E-state index in [0.29, 0.717) is 32.1 Å². The Balaban J connectivity index is 1.35. The van der Waals surface area contributed by atoms with Crippen molar-refractivity contribution in [1.82, 2.24) is 19.9 Å². The van der Waals surface area contributed by atoms with Gasteiger partial charge in [-0.15, -0.1) is 0 Å². The maximum atomic E-state index is 13.0. The second kappa shape index (κ2) is 10.3. The minimum absolute atomic E-state index is 0.0789. The second-order valence-corrected chi connectivity index (χ2v) is 8.18. The average Bonchev–Trinajstić information content (AvgIpc) is 3.37. The van der Waals surface area contributed by atoms with Gasteiger partial charge in [0.15, 0.2) is 0 Å². The number of ether oxygens (including phenoxy) is 1. The number of amides is 1. The van der Waals surface area contributed by atoms with E-state index in [-0.39, 0.29) is 23.3 Å². The molecule has 184 valence electrons. The molecule has 1 aromatic heterocycles. The van der Waals surface area contributed by atoms with Gasteiger partial charge in [-0.2, -0.15) is 18.2 Å². The molecule has 3 aromatic rings. The fourth-order valence-electron chi connectivity index (χ4n) is 3.86. The van der Waals surface area contributed by atoms with Crippen LogP contribution in [0.5, 0.6) is 5.75 Å². The van der Waals surface area contributed by atoms with Crippen LogP contribution in [0.2, 0.25) is 0 Å². The first-order chi connectivity index (χ1) is 16.7. The van der Waals surface area contributed by atoms with Crippen molar-refractivity contribution in [1.29, 1.82) is 0 Å². The van der Waals surface area contributed by atoms with E-state index in [2.05, 4.69) is 15.0 Å². The van der Waals surface area contributed by atoms with Crippen LogP contribution in [0.4, 0.5) is 13.2 Å². The van der Waals surface area contributed by atoms with E-state index in [1.165, 1.54) is 12.1 Å². The topological polar surface area (TPSA) is 71.7 Å². The molecule has 0 bridgehead atoms. The molecular weight excluding hydrogens is 461 g/mol. The molecule has 2 aromatic carbocycles. The summed E-state index contributed by atoms with van der Waals surface area (Å²) in [5.74, 6) is 1.06. The zero-order valence-corrected chi connectivity index (χ0v) is 19.3. The third-order valence-electron chi connectivity index (χ3n) is 5.93. The Morgan fingerprint density at radius 2 is 1.86 bits per heavy atom. The molecular formula is C25H25F3N4O3. The van der Waals surface area contributed by atoms with E-state index in [4.69, 9.17) is 9.26 Å². The number of carbonyl (C=O) groups excluding carboxylic acids is 1.